The lowest BCUT2D eigenvalue weighted by molar-refractivity contribution is -0.131. The zero-order valence-electron chi connectivity index (χ0n) is 10.8. The normalized spacial score (nSPS) is 9.85. The molecule has 2 aromatic rings. The number of para-hydroxylation sites is 1. The van der Waals surface area contributed by atoms with E-state index in [-0.39, 0.29) is 11.3 Å². The third-order valence-corrected chi connectivity index (χ3v) is 2.45. The predicted octanol–water partition coefficient (Wildman–Crippen LogP) is 2.41. The molecule has 0 amide bonds. The number of nitrogen functional groups attached to an aromatic ring is 1. The molecule has 2 N–H and O–H groups in total. The fourth-order valence-electron chi connectivity index (χ4n) is 1.58. The van der Waals surface area contributed by atoms with E-state index in [1.165, 1.54) is 19.1 Å². The Morgan fingerprint density at radius 3 is 2.25 bits per heavy atom. The number of hydrogen-bond acceptors (Lipinski definition) is 5. The number of hydrogen-bond donors (Lipinski definition) is 1. The number of rotatable bonds is 3. The summed E-state index contributed by atoms with van der Waals surface area (Å²) in [5, 5.41) is 0. The van der Waals surface area contributed by atoms with Crippen molar-refractivity contribution >= 4 is 17.6 Å². The highest BCUT2D eigenvalue weighted by Gasteiger charge is 2.15. The van der Waals surface area contributed by atoms with Gasteiger partial charge in [-0.3, -0.25) is 4.79 Å². The van der Waals surface area contributed by atoms with E-state index in [0.717, 1.165) is 0 Å². The van der Waals surface area contributed by atoms with Crippen LogP contribution < -0.4 is 15.2 Å². The molecular formula is C15H13NO4. The van der Waals surface area contributed by atoms with Crippen molar-refractivity contribution in [3.05, 3.63) is 54.1 Å². The molecule has 0 saturated heterocycles. The molecule has 0 spiro atoms. The Morgan fingerprint density at radius 1 is 0.950 bits per heavy atom. The highest BCUT2D eigenvalue weighted by molar-refractivity contribution is 5.94. The van der Waals surface area contributed by atoms with Crippen molar-refractivity contribution in [3.63, 3.8) is 0 Å². The number of ether oxygens (including phenoxy) is 2. The molecule has 5 nitrogen and oxygen atoms in total. The minimum Gasteiger partial charge on any atom is -0.426 e. The Hall–Kier alpha value is -2.82. The molecule has 0 unspecified atom stereocenters. The van der Waals surface area contributed by atoms with E-state index in [1.807, 2.05) is 0 Å². The first kappa shape index (κ1) is 13.6. The molecule has 0 bridgehead atoms. The molecule has 0 aromatic heterocycles. The van der Waals surface area contributed by atoms with Crippen molar-refractivity contribution in [1.29, 1.82) is 0 Å². The Bertz CT molecular complexity index is 635. The van der Waals surface area contributed by atoms with Crippen molar-refractivity contribution in [2.24, 2.45) is 0 Å². The monoisotopic (exact) mass is 271 g/mol. The van der Waals surface area contributed by atoms with Crippen LogP contribution in [-0.4, -0.2) is 11.9 Å². The number of benzene rings is 2. The average molecular weight is 271 g/mol. The molecule has 0 heterocycles. The fourth-order valence-corrected chi connectivity index (χ4v) is 1.58. The van der Waals surface area contributed by atoms with Crippen molar-refractivity contribution in [2.75, 3.05) is 5.73 Å². The molecule has 20 heavy (non-hydrogen) atoms. The number of nitrogens with two attached hydrogens (primary N) is 1. The highest BCUT2D eigenvalue weighted by Crippen LogP contribution is 2.21. The number of anilines is 1. The second kappa shape index (κ2) is 5.88. The van der Waals surface area contributed by atoms with E-state index in [9.17, 15) is 9.59 Å². The van der Waals surface area contributed by atoms with Crippen LogP contribution in [0.5, 0.6) is 11.5 Å². The van der Waals surface area contributed by atoms with Gasteiger partial charge in [-0.25, -0.2) is 4.79 Å². The van der Waals surface area contributed by atoms with Gasteiger partial charge in [0.15, 0.2) is 0 Å². The number of esters is 2. The summed E-state index contributed by atoms with van der Waals surface area (Å²) in [6, 6.07) is 12.8. The first-order valence-electron chi connectivity index (χ1n) is 5.91. The zero-order valence-corrected chi connectivity index (χ0v) is 10.8. The van der Waals surface area contributed by atoms with Gasteiger partial charge in [-0.15, -0.1) is 0 Å². The maximum absolute atomic E-state index is 12.1. The maximum Gasteiger partial charge on any atom is 0.347 e. The van der Waals surface area contributed by atoms with Gasteiger partial charge in [-0.05, 0) is 36.4 Å². The quantitative estimate of drug-likeness (QED) is 0.527. The molecular weight excluding hydrogens is 258 g/mol. The largest absolute Gasteiger partial charge is 0.426 e. The summed E-state index contributed by atoms with van der Waals surface area (Å²) < 4.78 is 10.2. The molecule has 0 saturated carbocycles. The smallest absolute Gasteiger partial charge is 0.347 e. The number of carbonyl (C=O) groups is 2. The van der Waals surface area contributed by atoms with Crippen LogP contribution in [0.1, 0.15) is 17.3 Å². The topological polar surface area (TPSA) is 78.6 Å². The SMILES string of the molecule is CC(=O)Oc1ccccc1C(=O)Oc1ccc(N)cc1. The lowest BCUT2D eigenvalue weighted by Gasteiger charge is -2.08. The zero-order chi connectivity index (χ0) is 14.5. The van der Waals surface area contributed by atoms with Crippen LogP contribution in [0.4, 0.5) is 5.69 Å². The Morgan fingerprint density at radius 2 is 1.60 bits per heavy atom. The second-order valence-corrected chi connectivity index (χ2v) is 4.05. The van der Waals surface area contributed by atoms with E-state index in [2.05, 4.69) is 0 Å². The summed E-state index contributed by atoms with van der Waals surface area (Å²) >= 11 is 0. The van der Waals surface area contributed by atoms with Gasteiger partial charge in [0.1, 0.15) is 17.1 Å². The lowest BCUT2D eigenvalue weighted by atomic mass is 10.2. The van der Waals surface area contributed by atoms with Crippen molar-refractivity contribution in [1.82, 2.24) is 0 Å². The molecule has 102 valence electrons. The van der Waals surface area contributed by atoms with E-state index < -0.39 is 11.9 Å². The van der Waals surface area contributed by atoms with E-state index in [1.54, 1.807) is 36.4 Å². The first-order chi connectivity index (χ1) is 9.56. The van der Waals surface area contributed by atoms with Crippen molar-refractivity contribution in [2.45, 2.75) is 6.92 Å². The van der Waals surface area contributed by atoms with Crippen molar-refractivity contribution in [3.8, 4) is 11.5 Å². The van der Waals surface area contributed by atoms with Gasteiger partial charge in [-0.2, -0.15) is 0 Å². The van der Waals surface area contributed by atoms with Gasteiger partial charge < -0.3 is 15.2 Å². The summed E-state index contributed by atoms with van der Waals surface area (Å²) in [4.78, 5) is 23.1. The Labute approximate surface area is 115 Å². The van der Waals surface area contributed by atoms with Crippen LogP contribution >= 0.6 is 0 Å². The summed E-state index contributed by atoms with van der Waals surface area (Å²) in [6.07, 6.45) is 0. The third kappa shape index (κ3) is 3.35. The highest BCUT2D eigenvalue weighted by atomic mass is 16.5. The minimum absolute atomic E-state index is 0.167. The van der Waals surface area contributed by atoms with Crippen LogP contribution in [0.3, 0.4) is 0 Å². The van der Waals surface area contributed by atoms with Crippen LogP contribution in [0, 0.1) is 0 Å². The summed E-state index contributed by atoms with van der Waals surface area (Å²) in [5.41, 5.74) is 6.30. The third-order valence-electron chi connectivity index (χ3n) is 2.45. The fraction of sp³-hybridized carbons (Fsp3) is 0.0667. The number of carbonyl (C=O) groups excluding carboxylic acids is 2. The van der Waals surface area contributed by atoms with Gasteiger partial charge in [0, 0.05) is 12.6 Å². The summed E-state index contributed by atoms with van der Waals surface area (Å²) in [6.45, 7) is 1.27. The first-order valence-corrected chi connectivity index (χ1v) is 5.91. The standard InChI is InChI=1S/C15H13NO4/c1-10(17)19-14-5-3-2-4-13(14)15(18)20-12-8-6-11(16)7-9-12/h2-9H,16H2,1H3. The van der Waals surface area contributed by atoms with Gasteiger partial charge in [-0.1, -0.05) is 12.1 Å². The van der Waals surface area contributed by atoms with E-state index >= 15 is 0 Å². The van der Waals surface area contributed by atoms with E-state index in [4.69, 9.17) is 15.2 Å². The molecule has 2 rings (SSSR count). The Balaban J connectivity index is 2.20. The molecule has 5 heteroatoms. The molecule has 0 aliphatic heterocycles. The molecule has 0 fully saturated rings. The summed E-state index contributed by atoms with van der Waals surface area (Å²) in [5.74, 6) is -0.577. The van der Waals surface area contributed by atoms with E-state index in [0.29, 0.717) is 11.4 Å². The average Bonchev–Trinajstić information content (AvgIpc) is 2.41. The molecule has 0 aliphatic carbocycles. The van der Waals surface area contributed by atoms with Crippen LogP contribution in [0.25, 0.3) is 0 Å². The minimum atomic E-state index is -0.605. The molecule has 0 aliphatic rings. The van der Waals surface area contributed by atoms with Crippen molar-refractivity contribution < 1.29 is 19.1 Å². The predicted molar refractivity (Wildman–Crippen MR) is 73.6 cm³/mol. The maximum atomic E-state index is 12.1. The molecule has 0 radical (unpaired) electrons. The van der Waals surface area contributed by atoms with Gasteiger partial charge >= 0.3 is 11.9 Å². The van der Waals surface area contributed by atoms with Gasteiger partial charge in [0.2, 0.25) is 0 Å². The Kier molecular flexibility index (Phi) is 4.00. The van der Waals surface area contributed by atoms with Crippen LogP contribution in [-0.2, 0) is 4.79 Å². The van der Waals surface area contributed by atoms with Gasteiger partial charge in [0.25, 0.3) is 0 Å². The summed E-state index contributed by atoms with van der Waals surface area (Å²) in [7, 11) is 0. The molecule has 0 atom stereocenters. The second-order valence-electron chi connectivity index (χ2n) is 4.05. The van der Waals surface area contributed by atoms with Crippen LogP contribution in [0.2, 0.25) is 0 Å². The molecule has 2 aromatic carbocycles. The lowest BCUT2D eigenvalue weighted by Crippen LogP contribution is -2.12. The van der Waals surface area contributed by atoms with Crippen LogP contribution in [0.15, 0.2) is 48.5 Å². The van der Waals surface area contributed by atoms with Gasteiger partial charge in [0.05, 0.1) is 0 Å².